The molecule has 8 heteroatoms. The summed E-state index contributed by atoms with van der Waals surface area (Å²) in [4.78, 5) is 34.1. The van der Waals surface area contributed by atoms with Crippen molar-refractivity contribution in [2.24, 2.45) is 11.8 Å². The Balaban J connectivity index is 1.65. The maximum atomic E-state index is 12.1. The molecule has 170 valence electrons. The first-order valence-electron chi connectivity index (χ1n) is 11.2. The van der Waals surface area contributed by atoms with Crippen molar-refractivity contribution < 1.29 is 29.0 Å². The van der Waals surface area contributed by atoms with E-state index in [4.69, 9.17) is 14.6 Å². The van der Waals surface area contributed by atoms with Crippen LogP contribution >= 0.6 is 0 Å². The van der Waals surface area contributed by atoms with Gasteiger partial charge in [-0.25, -0.2) is 4.79 Å². The van der Waals surface area contributed by atoms with Gasteiger partial charge in [-0.1, -0.05) is 25.5 Å². The maximum Gasteiger partial charge on any atom is 0.407 e. The molecular weight excluding hydrogens is 388 g/mol. The molecule has 4 atom stereocenters. The molecule has 2 bridgehead atoms. The van der Waals surface area contributed by atoms with Crippen LogP contribution in [0.5, 0.6) is 0 Å². The van der Waals surface area contributed by atoms with Crippen LogP contribution in [-0.4, -0.2) is 55.0 Å². The van der Waals surface area contributed by atoms with Crippen LogP contribution in [0.1, 0.15) is 64.7 Å². The molecule has 2 amide bonds. The number of carboxylic acid groups (broad SMARTS) is 1. The van der Waals surface area contributed by atoms with Crippen molar-refractivity contribution in [3.63, 3.8) is 0 Å². The minimum Gasteiger partial charge on any atom is -0.481 e. The first kappa shape index (κ1) is 24.2. The van der Waals surface area contributed by atoms with E-state index >= 15 is 0 Å². The van der Waals surface area contributed by atoms with Crippen LogP contribution in [0, 0.1) is 11.8 Å². The summed E-state index contributed by atoms with van der Waals surface area (Å²) < 4.78 is 11.1. The number of alkyl carbamates (subject to hydrolysis) is 1. The number of carboxylic acids is 1. The van der Waals surface area contributed by atoms with Crippen molar-refractivity contribution in [3.05, 3.63) is 12.2 Å². The predicted octanol–water partition coefficient (Wildman–Crippen LogP) is 3.01. The highest BCUT2D eigenvalue weighted by Crippen LogP contribution is 2.44. The molecule has 2 saturated heterocycles. The van der Waals surface area contributed by atoms with Crippen molar-refractivity contribution in [1.29, 1.82) is 0 Å². The Hall–Kier alpha value is -2.09. The highest BCUT2D eigenvalue weighted by atomic mass is 16.5. The second-order valence-electron chi connectivity index (χ2n) is 8.08. The molecule has 2 fully saturated rings. The van der Waals surface area contributed by atoms with Gasteiger partial charge in [-0.3, -0.25) is 9.59 Å². The summed E-state index contributed by atoms with van der Waals surface area (Å²) in [5, 5.41) is 14.3. The lowest BCUT2D eigenvalue weighted by atomic mass is 9.77. The van der Waals surface area contributed by atoms with Gasteiger partial charge in [0.15, 0.2) is 0 Å². The van der Waals surface area contributed by atoms with Crippen molar-refractivity contribution in [3.8, 4) is 0 Å². The summed E-state index contributed by atoms with van der Waals surface area (Å²) in [5.41, 5.74) is 0. The third kappa shape index (κ3) is 8.34. The fourth-order valence-corrected chi connectivity index (χ4v) is 4.20. The summed E-state index contributed by atoms with van der Waals surface area (Å²) in [6.07, 6.45) is 10.8. The average Bonchev–Trinajstić information content (AvgIpc) is 3.31. The number of unbranched alkanes of at least 4 members (excludes halogenated alkanes) is 2. The van der Waals surface area contributed by atoms with Crippen LogP contribution in [-0.2, 0) is 19.1 Å². The van der Waals surface area contributed by atoms with E-state index < -0.39 is 12.1 Å². The number of rotatable bonds is 14. The fourth-order valence-electron chi connectivity index (χ4n) is 4.20. The van der Waals surface area contributed by atoms with Crippen molar-refractivity contribution >= 4 is 18.0 Å². The van der Waals surface area contributed by atoms with Crippen LogP contribution in [0.25, 0.3) is 0 Å². The largest absolute Gasteiger partial charge is 0.481 e. The summed E-state index contributed by atoms with van der Waals surface area (Å²) >= 11 is 0. The van der Waals surface area contributed by atoms with Crippen LogP contribution in [0.4, 0.5) is 4.79 Å². The van der Waals surface area contributed by atoms with Gasteiger partial charge in [-0.2, -0.15) is 0 Å². The Bertz CT molecular complexity index is 594. The molecule has 8 nitrogen and oxygen atoms in total. The molecule has 0 aromatic carbocycles. The number of ether oxygens (including phenoxy) is 2. The van der Waals surface area contributed by atoms with Gasteiger partial charge in [-0.15, -0.1) is 0 Å². The van der Waals surface area contributed by atoms with E-state index in [2.05, 4.69) is 16.7 Å². The van der Waals surface area contributed by atoms with E-state index in [0.29, 0.717) is 25.4 Å². The molecule has 2 aliphatic rings. The Morgan fingerprint density at radius 1 is 1.07 bits per heavy atom. The zero-order valence-corrected chi connectivity index (χ0v) is 17.9. The Labute approximate surface area is 178 Å². The number of hydrogen-bond donors (Lipinski definition) is 3. The number of amides is 2. The van der Waals surface area contributed by atoms with Gasteiger partial charge in [0.2, 0.25) is 5.91 Å². The Kier molecular flexibility index (Phi) is 10.7. The van der Waals surface area contributed by atoms with Gasteiger partial charge in [0.05, 0.1) is 18.6 Å². The minimum absolute atomic E-state index is 0.0690. The second kappa shape index (κ2) is 13.3. The lowest BCUT2D eigenvalue weighted by Crippen LogP contribution is -2.38. The Morgan fingerprint density at radius 3 is 2.57 bits per heavy atom. The minimum atomic E-state index is -0.761. The number of carbonyl (C=O) groups is 3. The normalized spacial score (nSPS) is 24.8. The molecule has 2 heterocycles. The topological polar surface area (TPSA) is 114 Å². The molecule has 0 radical (unpaired) electrons. The highest BCUT2D eigenvalue weighted by molar-refractivity contribution is 5.76. The van der Waals surface area contributed by atoms with Crippen LogP contribution < -0.4 is 10.6 Å². The van der Waals surface area contributed by atoms with Gasteiger partial charge in [0.25, 0.3) is 0 Å². The second-order valence-corrected chi connectivity index (χ2v) is 8.08. The van der Waals surface area contributed by atoms with Crippen molar-refractivity contribution in [1.82, 2.24) is 10.6 Å². The standard InChI is InChI=1S/C22H36N2O6/c1-2-3-13-23-22(28)29-14-12-20(25)24-15-17-16(18-10-11-19(17)30-18)8-6-4-5-7-9-21(26)27/h4,6,16-19H,2-3,5,7-15H2,1H3,(H,23,28)(H,24,25)(H,26,27)/t16-,17+,18-,19+/m1/s1. The van der Waals surface area contributed by atoms with Crippen LogP contribution in [0.15, 0.2) is 12.2 Å². The lowest BCUT2D eigenvalue weighted by Gasteiger charge is -2.27. The molecule has 0 saturated carbocycles. The number of carbonyl (C=O) groups excluding carboxylic acids is 2. The smallest absolute Gasteiger partial charge is 0.407 e. The Morgan fingerprint density at radius 2 is 1.83 bits per heavy atom. The van der Waals surface area contributed by atoms with Gasteiger partial charge in [0, 0.05) is 25.4 Å². The van der Waals surface area contributed by atoms with Crippen LogP contribution in [0.3, 0.4) is 0 Å². The average molecular weight is 425 g/mol. The summed E-state index contributed by atoms with van der Waals surface area (Å²) in [5.74, 6) is -0.222. The number of fused-ring (bicyclic) bond motifs is 2. The number of aliphatic carboxylic acids is 1. The molecule has 0 aromatic rings. The molecular formula is C22H36N2O6. The zero-order chi connectivity index (χ0) is 21.8. The van der Waals surface area contributed by atoms with E-state index in [1.807, 2.05) is 13.0 Å². The van der Waals surface area contributed by atoms with Crippen molar-refractivity contribution in [2.75, 3.05) is 19.7 Å². The summed E-state index contributed by atoms with van der Waals surface area (Å²) in [6, 6.07) is 0. The number of allylic oxidation sites excluding steroid dienone is 2. The number of hydrogen-bond acceptors (Lipinski definition) is 5. The van der Waals surface area contributed by atoms with Gasteiger partial charge in [0.1, 0.15) is 6.61 Å². The molecule has 0 spiro atoms. The molecule has 30 heavy (non-hydrogen) atoms. The van der Waals surface area contributed by atoms with E-state index in [-0.39, 0.29) is 43.5 Å². The lowest BCUT2D eigenvalue weighted by molar-refractivity contribution is -0.137. The quantitative estimate of drug-likeness (QED) is 0.292. The molecule has 3 N–H and O–H groups in total. The first-order valence-corrected chi connectivity index (χ1v) is 11.2. The van der Waals surface area contributed by atoms with E-state index in [1.165, 1.54) is 0 Å². The molecule has 2 rings (SSSR count). The van der Waals surface area contributed by atoms with Gasteiger partial charge < -0.3 is 25.2 Å². The van der Waals surface area contributed by atoms with Gasteiger partial charge in [-0.05, 0) is 44.4 Å². The molecule has 0 aromatic heterocycles. The molecule has 0 aliphatic carbocycles. The summed E-state index contributed by atoms with van der Waals surface area (Å²) in [7, 11) is 0. The van der Waals surface area contributed by atoms with E-state index in [1.54, 1.807) is 0 Å². The molecule has 0 unspecified atom stereocenters. The third-order valence-corrected chi connectivity index (χ3v) is 5.82. The van der Waals surface area contributed by atoms with E-state index in [9.17, 15) is 14.4 Å². The van der Waals surface area contributed by atoms with Crippen molar-refractivity contribution in [2.45, 2.75) is 76.9 Å². The fraction of sp³-hybridized carbons (Fsp3) is 0.773. The van der Waals surface area contributed by atoms with Crippen LogP contribution in [0.2, 0.25) is 0 Å². The molecule has 2 aliphatic heterocycles. The third-order valence-electron chi connectivity index (χ3n) is 5.82. The zero-order valence-electron chi connectivity index (χ0n) is 17.9. The number of nitrogens with one attached hydrogen (secondary N) is 2. The summed E-state index contributed by atoms with van der Waals surface area (Å²) in [6.45, 7) is 3.27. The van der Waals surface area contributed by atoms with Gasteiger partial charge >= 0.3 is 12.1 Å². The maximum absolute atomic E-state index is 12.1. The SMILES string of the molecule is CCCCNC(=O)OCCC(=O)NC[C@H]1[C@@H](CC=CCCCC(=O)O)[C@H]2CC[C@@H]1O2. The first-order chi connectivity index (χ1) is 14.5. The van der Waals surface area contributed by atoms with E-state index in [0.717, 1.165) is 38.5 Å². The predicted molar refractivity (Wildman–Crippen MR) is 112 cm³/mol. The monoisotopic (exact) mass is 424 g/mol. The highest BCUT2D eigenvalue weighted by Gasteiger charge is 2.47.